The van der Waals surface area contributed by atoms with E-state index in [1.165, 1.54) is 5.56 Å². The Morgan fingerprint density at radius 3 is 2.93 bits per heavy atom. The van der Waals surface area contributed by atoms with Crippen LogP contribution < -0.4 is 10.1 Å². The number of hydrogen-bond donors (Lipinski definition) is 1. The van der Waals surface area contributed by atoms with Crippen LogP contribution in [-0.2, 0) is 17.1 Å². The van der Waals surface area contributed by atoms with Gasteiger partial charge in [-0.25, -0.2) is 4.98 Å². The van der Waals surface area contributed by atoms with Crippen molar-refractivity contribution in [2.75, 3.05) is 52.1 Å². The zero-order chi connectivity index (χ0) is 21.0. The average molecular weight is 433 g/mol. The van der Waals surface area contributed by atoms with Gasteiger partial charge in [-0.2, -0.15) is 0 Å². The van der Waals surface area contributed by atoms with E-state index < -0.39 is 0 Å². The third-order valence-electron chi connectivity index (χ3n) is 5.00. The van der Waals surface area contributed by atoms with Crippen molar-refractivity contribution in [3.8, 4) is 5.88 Å². The second-order valence-corrected chi connectivity index (χ2v) is 8.55. The van der Waals surface area contributed by atoms with Gasteiger partial charge in [0.2, 0.25) is 11.8 Å². The molecule has 1 amide bonds. The zero-order valence-electron chi connectivity index (χ0n) is 17.7. The summed E-state index contributed by atoms with van der Waals surface area (Å²) in [7, 11) is 2.17. The highest BCUT2D eigenvalue weighted by molar-refractivity contribution is 7.99. The van der Waals surface area contributed by atoms with E-state index in [4.69, 9.17) is 9.15 Å². The van der Waals surface area contributed by atoms with Crippen molar-refractivity contribution in [3.05, 3.63) is 48.0 Å². The first kappa shape index (κ1) is 22.7. The maximum atomic E-state index is 11.8. The number of carbonyl (C=O) groups excluding carboxylic acids is 1. The Balaban J connectivity index is 1.23. The van der Waals surface area contributed by atoms with Crippen LogP contribution in [0.3, 0.4) is 0 Å². The lowest BCUT2D eigenvalue weighted by atomic mass is 10.2. The number of furan rings is 1. The van der Waals surface area contributed by atoms with Gasteiger partial charge in [0.15, 0.2) is 0 Å². The number of hydrogen-bond acceptors (Lipinski definition) is 7. The minimum atomic E-state index is 0.0609. The predicted molar refractivity (Wildman–Crippen MR) is 120 cm³/mol. The number of amides is 1. The average Bonchev–Trinajstić information content (AvgIpc) is 3.26. The summed E-state index contributed by atoms with van der Waals surface area (Å²) in [5.41, 5.74) is 1.24. The van der Waals surface area contributed by atoms with Gasteiger partial charge in [-0.05, 0) is 43.7 Å². The van der Waals surface area contributed by atoms with Crippen LogP contribution in [0.25, 0.3) is 0 Å². The number of aromatic nitrogens is 1. The predicted octanol–water partition coefficient (Wildman–Crippen LogP) is 2.63. The second-order valence-electron chi connectivity index (χ2n) is 7.56. The number of ether oxygens (including phenoxy) is 1. The molecule has 0 radical (unpaired) electrons. The van der Waals surface area contributed by atoms with Crippen LogP contribution in [0.2, 0.25) is 0 Å². The van der Waals surface area contributed by atoms with Crippen molar-refractivity contribution in [1.29, 1.82) is 0 Å². The smallest absolute Gasteiger partial charge is 0.230 e. The summed E-state index contributed by atoms with van der Waals surface area (Å²) >= 11 is 1.55. The van der Waals surface area contributed by atoms with Crippen molar-refractivity contribution in [1.82, 2.24) is 20.1 Å². The molecule has 0 atom stereocenters. The maximum Gasteiger partial charge on any atom is 0.230 e. The molecule has 1 N–H and O–H groups in total. The summed E-state index contributed by atoms with van der Waals surface area (Å²) in [6.45, 7) is 6.65. The Morgan fingerprint density at radius 1 is 1.27 bits per heavy atom. The van der Waals surface area contributed by atoms with Gasteiger partial charge < -0.3 is 19.4 Å². The second kappa shape index (κ2) is 12.6. The van der Waals surface area contributed by atoms with Gasteiger partial charge in [-0.1, -0.05) is 0 Å². The van der Waals surface area contributed by atoms with Crippen molar-refractivity contribution in [2.45, 2.75) is 25.1 Å². The molecule has 0 saturated carbocycles. The number of unbranched alkanes of at least 4 members (excludes halogenated alkanes) is 1. The highest BCUT2D eigenvalue weighted by Gasteiger charge is 2.14. The molecule has 2 aromatic rings. The molecule has 0 bridgehead atoms. The molecule has 1 saturated heterocycles. The first-order valence-electron chi connectivity index (χ1n) is 10.5. The van der Waals surface area contributed by atoms with Crippen LogP contribution in [0.5, 0.6) is 5.88 Å². The normalized spacial score (nSPS) is 15.2. The fourth-order valence-electron chi connectivity index (χ4n) is 3.21. The van der Waals surface area contributed by atoms with Gasteiger partial charge in [-0.15, -0.1) is 11.8 Å². The fourth-order valence-corrected chi connectivity index (χ4v) is 3.97. The van der Waals surface area contributed by atoms with Crippen molar-refractivity contribution >= 4 is 17.7 Å². The molecule has 7 nitrogen and oxygen atoms in total. The van der Waals surface area contributed by atoms with E-state index >= 15 is 0 Å². The van der Waals surface area contributed by atoms with Gasteiger partial charge >= 0.3 is 0 Å². The quantitative estimate of drug-likeness (QED) is 0.517. The van der Waals surface area contributed by atoms with Gasteiger partial charge in [0.05, 0.1) is 24.4 Å². The van der Waals surface area contributed by atoms with Crippen LogP contribution in [-0.4, -0.2) is 72.8 Å². The number of likely N-dealkylation sites (N-methyl/N-ethyl adjacent to an activating group) is 1. The molecule has 1 fully saturated rings. The number of nitrogens with zero attached hydrogens (tertiary/aromatic N) is 3. The Bertz CT molecular complexity index is 749. The van der Waals surface area contributed by atoms with Gasteiger partial charge in [0.25, 0.3) is 0 Å². The summed E-state index contributed by atoms with van der Waals surface area (Å²) in [6.07, 6.45) is 5.23. The Kier molecular flexibility index (Phi) is 9.53. The lowest BCUT2D eigenvalue weighted by Crippen LogP contribution is -2.43. The van der Waals surface area contributed by atoms with E-state index in [2.05, 4.69) is 33.2 Å². The molecule has 3 heterocycles. The summed E-state index contributed by atoms with van der Waals surface area (Å²) in [4.78, 5) is 21.0. The van der Waals surface area contributed by atoms with E-state index in [1.807, 2.05) is 24.4 Å². The highest BCUT2D eigenvalue weighted by Crippen LogP contribution is 2.14. The van der Waals surface area contributed by atoms with E-state index in [1.54, 1.807) is 18.0 Å². The van der Waals surface area contributed by atoms with Crippen molar-refractivity contribution < 1.29 is 13.9 Å². The molecule has 1 aliphatic heterocycles. The number of nitrogens with one attached hydrogen (secondary N) is 1. The number of thioether (sulfide) groups is 1. The minimum Gasteiger partial charge on any atom is -0.478 e. The number of pyridine rings is 1. The fraction of sp³-hybridized carbons (Fsp3) is 0.545. The van der Waals surface area contributed by atoms with Crippen molar-refractivity contribution in [2.24, 2.45) is 0 Å². The number of piperazine rings is 1. The molecule has 0 aromatic carbocycles. The monoisotopic (exact) mass is 432 g/mol. The molecule has 30 heavy (non-hydrogen) atoms. The van der Waals surface area contributed by atoms with E-state index in [9.17, 15) is 4.79 Å². The first-order valence-corrected chi connectivity index (χ1v) is 11.7. The van der Waals surface area contributed by atoms with Gasteiger partial charge in [-0.3, -0.25) is 9.69 Å². The van der Waals surface area contributed by atoms with Crippen LogP contribution in [0.1, 0.15) is 24.2 Å². The largest absolute Gasteiger partial charge is 0.478 e. The SMILES string of the molecule is CN1CCN(Cc2ccnc(OCCCCNC(=O)CSCc3ccco3)c2)CC1. The Hall–Kier alpha value is -2.03. The number of carbonyl (C=O) groups is 1. The lowest BCUT2D eigenvalue weighted by molar-refractivity contribution is -0.118. The van der Waals surface area contributed by atoms with Crippen LogP contribution in [0, 0.1) is 0 Å². The summed E-state index contributed by atoms with van der Waals surface area (Å²) in [6, 6.07) is 7.88. The highest BCUT2D eigenvalue weighted by atomic mass is 32.2. The molecule has 0 aliphatic carbocycles. The summed E-state index contributed by atoms with van der Waals surface area (Å²) in [5.74, 6) is 2.80. The van der Waals surface area contributed by atoms with Crippen LogP contribution in [0.15, 0.2) is 41.1 Å². The molecular formula is C22H32N4O3S. The summed E-state index contributed by atoms with van der Waals surface area (Å²) in [5, 5.41) is 2.95. The molecule has 0 spiro atoms. The third kappa shape index (κ3) is 8.38. The van der Waals surface area contributed by atoms with Crippen LogP contribution in [0.4, 0.5) is 0 Å². The van der Waals surface area contributed by atoms with Crippen LogP contribution >= 0.6 is 11.8 Å². The van der Waals surface area contributed by atoms with Gasteiger partial charge in [0, 0.05) is 51.5 Å². The number of rotatable bonds is 12. The Morgan fingerprint density at radius 2 is 2.13 bits per heavy atom. The molecule has 3 rings (SSSR count). The minimum absolute atomic E-state index is 0.0609. The molecule has 8 heteroatoms. The Labute approximate surface area is 183 Å². The third-order valence-corrected chi connectivity index (χ3v) is 5.96. The topological polar surface area (TPSA) is 70.8 Å². The van der Waals surface area contributed by atoms with Gasteiger partial charge in [0.1, 0.15) is 5.76 Å². The molecule has 0 unspecified atom stereocenters. The zero-order valence-corrected chi connectivity index (χ0v) is 18.5. The standard InChI is InChI=1S/C22H32N4O3S/c1-25-9-11-26(12-10-25)16-19-6-8-24-22(15-19)29-13-3-2-7-23-21(27)18-30-17-20-5-4-14-28-20/h4-6,8,14-15H,2-3,7,9-13,16-18H2,1H3,(H,23,27). The summed E-state index contributed by atoms with van der Waals surface area (Å²) < 4.78 is 11.1. The van der Waals surface area contributed by atoms with E-state index in [0.29, 0.717) is 24.8 Å². The van der Waals surface area contributed by atoms with E-state index in [-0.39, 0.29) is 5.91 Å². The maximum absolute atomic E-state index is 11.8. The van der Waals surface area contributed by atoms with Crippen molar-refractivity contribution in [3.63, 3.8) is 0 Å². The molecule has 1 aliphatic rings. The molecule has 164 valence electrons. The van der Waals surface area contributed by atoms with E-state index in [0.717, 1.165) is 57.1 Å². The molecule has 2 aromatic heterocycles. The molecular weight excluding hydrogens is 400 g/mol. The first-order chi connectivity index (χ1) is 14.7. The lowest BCUT2D eigenvalue weighted by Gasteiger charge is -2.32.